The summed E-state index contributed by atoms with van der Waals surface area (Å²) in [5, 5.41) is 12.2. The van der Waals surface area contributed by atoms with Crippen molar-refractivity contribution < 1.29 is 9.90 Å². The molecule has 1 unspecified atom stereocenters. The molecule has 0 aromatic heterocycles. The molecule has 17 heavy (non-hydrogen) atoms. The van der Waals surface area contributed by atoms with Crippen LogP contribution < -0.4 is 5.32 Å². The van der Waals surface area contributed by atoms with E-state index < -0.39 is 0 Å². The molecular weight excluding hydrogens is 234 g/mol. The summed E-state index contributed by atoms with van der Waals surface area (Å²) in [6.45, 7) is 2.50. The van der Waals surface area contributed by atoms with Crippen molar-refractivity contribution in [3.8, 4) is 0 Å². The van der Waals surface area contributed by atoms with E-state index in [0.29, 0.717) is 12.8 Å². The van der Waals surface area contributed by atoms with Gasteiger partial charge in [0.1, 0.15) is 0 Å². The highest BCUT2D eigenvalue weighted by atomic mass is 32.2. The van der Waals surface area contributed by atoms with Crippen LogP contribution in [0.15, 0.2) is 0 Å². The van der Waals surface area contributed by atoms with Gasteiger partial charge in [0, 0.05) is 17.7 Å². The van der Waals surface area contributed by atoms with E-state index in [-0.39, 0.29) is 16.8 Å². The molecule has 0 heterocycles. The first-order chi connectivity index (χ1) is 8.08. The molecule has 3 nitrogen and oxygen atoms in total. The van der Waals surface area contributed by atoms with E-state index >= 15 is 0 Å². The van der Waals surface area contributed by atoms with Gasteiger partial charge in [-0.15, -0.1) is 0 Å². The number of aliphatic hydroxyl groups excluding tert-OH is 1. The summed E-state index contributed by atoms with van der Waals surface area (Å²) < 4.78 is 0.263. The fraction of sp³-hybridized carbons (Fsp3) is 0.923. The highest BCUT2D eigenvalue weighted by Crippen LogP contribution is 2.37. The molecule has 0 aromatic rings. The average Bonchev–Trinajstić information content (AvgIpc) is 2.35. The number of carbonyl (C=O) groups excluding carboxylic acids is 1. The molecule has 100 valence electrons. The van der Waals surface area contributed by atoms with Crippen LogP contribution in [0, 0.1) is 0 Å². The highest BCUT2D eigenvalue weighted by molar-refractivity contribution is 8.00. The second-order valence-corrected chi connectivity index (χ2v) is 6.39. The Kier molecular flexibility index (Phi) is 6.34. The molecule has 0 spiro atoms. The number of nitrogens with one attached hydrogen (secondary N) is 1. The largest absolute Gasteiger partial charge is 0.393 e. The third kappa shape index (κ3) is 5.30. The molecule has 0 aromatic carbocycles. The van der Waals surface area contributed by atoms with Gasteiger partial charge in [-0.2, -0.15) is 11.8 Å². The van der Waals surface area contributed by atoms with E-state index in [9.17, 15) is 4.79 Å². The van der Waals surface area contributed by atoms with Crippen molar-refractivity contribution in [2.45, 2.75) is 62.7 Å². The lowest BCUT2D eigenvalue weighted by molar-refractivity contribution is -0.121. The predicted molar refractivity (Wildman–Crippen MR) is 73.3 cm³/mol. The number of aliphatic hydroxyl groups is 1. The van der Waals surface area contributed by atoms with Gasteiger partial charge in [-0.1, -0.05) is 19.3 Å². The Morgan fingerprint density at radius 3 is 2.59 bits per heavy atom. The van der Waals surface area contributed by atoms with Crippen LogP contribution in [0.5, 0.6) is 0 Å². The minimum absolute atomic E-state index is 0.0740. The van der Waals surface area contributed by atoms with Crippen LogP contribution in [0.25, 0.3) is 0 Å². The Bertz CT molecular complexity index is 238. The molecule has 1 aliphatic carbocycles. The molecule has 1 rings (SSSR count). The summed E-state index contributed by atoms with van der Waals surface area (Å²) in [4.78, 5) is 11.6. The van der Waals surface area contributed by atoms with Crippen LogP contribution in [0.1, 0.15) is 51.9 Å². The Balaban J connectivity index is 2.29. The molecule has 0 radical (unpaired) electrons. The molecule has 1 saturated carbocycles. The van der Waals surface area contributed by atoms with Crippen LogP contribution >= 0.6 is 11.8 Å². The lowest BCUT2D eigenvalue weighted by Crippen LogP contribution is -2.41. The first-order valence-corrected chi connectivity index (χ1v) is 7.80. The number of hydrogen-bond acceptors (Lipinski definition) is 3. The van der Waals surface area contributed by atoms with E-state index in [1.165, 1.54) is 32.1 Å². The summed E-state index contributed by atoms with van der Waals surface area (Å²) in [7, 11) is 0. The van der Waals surface area contributed by atoms with E-state index in [2.05, 4.69) is 11.6 Å². The Morgan fingerprint density at radius 1 is 1.41 bits per heavy atom. The number of thioether (sulfide) groups is 1. The van der Waals surface area contributed by atoms with Gasteiger partial charge in [-0.25, -0.2) is 0 Å². The van der Waals surface area contributed by atoms with Crippen LogP contribution in [0.3, 0.4) is 0 Å². The highest BCUT2D eigenvalue weighted by Gasteiger charge is 2.31. The van der Waals surface area contributed by atoms with Crippen molar-refractivity contribution in [3.05, 3.63) is 0 Å². The molecule has 1 amide bonds. The van der Waals surface area contributed by atoms with E-state index in [1.54, 1.807) is 6.92 Å². The van der Waals surface area contributed by atoms with E-state index in [4.69, 9.17) is 5.11 Å². The second-order valence-electron chi connectivity index (χ2n) is 5.11. The van der Waals surface area contributed by atoms with Crippen molar-refractivity contribution in [1.29, 1.82) is 0 Å². The first-order valence-electron chi connectivity index (χ1n) is 6.58. The molecule has 0 saturated heterocycles. The summed E-state index contributed by atoms with van der Waals surface area (Å²) in [5.41, 5.74) is 0. The second kappa shape index (κ2) is 7.27. The predicted octanol–water partition coefficient (Wildman–Crippen LogP) is 2.33. The van der Waals surface area contributed by atoms with Gasteiger partial charge >= 0.3 is 0 Å². The molecule has 4 heteroatoms. The van der Waals surface area contributed by atoms with Crippen molar-refractivity contribution >= 4 is 17.7 Å². The quantitative estimate of drug-likeness (QED) is 0.769. The number of carbonyl (C=O) groups is 1. The molecule has 0 aliphatic heterocycles. The first kappa shape index (κ1) is 14.8. The molecule has 1 atom stereocenters. The van der Waals surface area contributed by atoms with Crippen molar-refractivity contribution in [2.75, 3.05) is 12.8 Å². The Hall–Kier alpha value is -0.220. The van der Waals surface area contributed by atoms with Crippen molar-refractivity contribution in [3.63, 3.8) is 0 Å². The Labute approximate surface area is 109 Å². The van der Waals surface area contributed by atoms with Gasteiger partial charge in [-0.05, 0) is 32.4 Å². The van der Waals surface area contributed by atoms with Gasteiger partial charge < -0.3 is 10.4 Å². The van der Waals surface area contributed by atoms with Crippen LogP contribution in [-0.4, -0.2) is 34.7 Å². The van der Waals surface area contributed by atoms with Crippen molar-refractivity contribution in [1.82, 2.24) is 5.32 Å². The Morgan fingerprint density at radius 2 is 2.06 bits per heavy atom. The molecule has 1 fully saturated rings. The zero-order valence-corrected chi connectivity index (χ0v) is 11.8. The summed E-state index contributed by atoms with van der Waals surface area (Å²) in [6, 6.07) is 0. The zero-order chi connectivity index (χ0) is 12.7. The maximum absolute atomic E-state index is 11.6. The fourth-order valence-corrected chi connectivity index (χ4v) is 3.25. The normalized spacial score (nSPS) is 20.9. The van der Waals surface area contributed by atoms with Gasteiger partial charge in [-0.3, -0.25) is 4.79 Å². The maximum atomic E-state index is 11.6. The fourth-order valence-electron chi connectivity index (χ4n) is 2.34. The molecule has 2 N–H and O–H groups in total. The smallest absolute Gasteiger partial charge is 0.220 e. The van der Waals surface area contributed by atoms with Crippen LogP contribution in [-0.2, 0) is 4.79 Å². The lowest BCUT2D eigenvalue weighted by Gasteiger charge is -2.35. The number of hydrogen-bond donors (Lipinski definition) is 2. The SMILES string of the molecule is CSC1(CNC(=O)CCC(C)O)CCCCC1. The van der Waals surface area contributed by atoms with Crippen LogP contribution in [0.4, 0.5) is 0 Å². The number of amides is 1. The average molecular weight is 259 g/mol. The third-order valence-corrected chi connectivity index (χ3v) is 5.01. The van der Waals surface area contributed by atoms with Crippen LogP contribution in [0.2, 0.25) is 0 Å². The summed E-state index contributed by atoms with van der Waals surface area (Å²) in [5.74, 6) is 0.0740. The van der Waals surface area contributed by atoms with Gasteiger partial charge in [0.2, 0.25) is 5.91 Å². The topological polar surface area (TPSA) is 49.3 Å². The molecule has 1 aliphatic rings. The van der Waals surface area contributed by atoms with Gasteiger partial charge in [0.15, 0.2) is 0 Å². The number of rotatable bonds is 6. The molecule has 0 bridgehead atoms. The monoisotopic (exact) mass is 259 g/mol. The standard InChI is InChI=1S/C13H25NO2S/c1-11(15)6-7-12(16)14-10-13(17-2)8-4-3-5-9-13/h11,15H,3-10H2,1-2H3,(H,14,16). The summed E-state index contributed by atoms with van der Waals surface area (Å²) >= 11 is 1.90. The lowest BCUT2D eigenvalue weighted by atomic mass is 9.88. The molecular formula is C13H25NO2S. The minimum Gasteiger partial charge on any atom is -0.393 e. The third-order valence-electron chi connectivity index (χ3n) is 3.59. The zero-order valence-electron chi connectivity index (χ0n) is 11.0. The van der Waals surface area contributed by atoms with E-state index in [1.807, 2.05) is 11.8 Å². The minimum atomic E-state index is -0.384. The van der Waals surface area contributed by atoms with Gasteiger partial charge in [0.25, 0.3) is 0 Å². The maximum Gasteiger partial charge on any atom is 0.220 e. The van der Waals surface area contributed by atoms with Gasteiger partial charge in [0.05, 0.1) is 6.10 Å². The summed E-state index contributed by atoms with van der Waals surface area (Å²) in [6.07, 6.45) is 9.07. The van der Waals surface area contributed by atoms with Crippen molar-refractivity contribution in [2.24, 2.45) is 0 Å². The van der Waals surface area contributed by atoms with E-state index in [0.717, 1.165) is 6.54 Å².